The average Bonchev–Trinajstić information content (AvgIpc) is 2.85. The number of hydrogen-bond donors (Lipinski definition) is 1. The molecule has 0 saturated carbocycles. The molecule has 0 bridgehead atoms. The molecule has 0 aromatic carbocycles. The number of thiazole rings is 1. The lowest BCUT2D eigenvalue weighted by Crippen LogP contribution is -2.12. The third-order valence-electron chi connectivity index (χ3n) is 2.86. The Kier molecular flexibility index (Phi) is 4.42. The van der Waals surface area contributed by atoms with Crippen molar-refractivity contribution in [2.24, 2.45) is 0 Å². The number of aryl methyl sites for hydroxylation is 3. The smallest absolute Gasteiger partial charge is 0.243 e. The second-order valence-electron chi connectivity index (χ2n) is 4.41. The minimum atomic E-state index is 0.0951. The Bertz CT molecular complexity index is 552. The first-order valence-corrected chi connectivity index (χ1v) is 7.37. The predicted molar refractivity (Wildman–Crippen MR) is 77.5 cm³/mol. The Labute approximate surface area is 117 Å². The van der Waals surface area contributed by atoms with Crippen LogP contribution in [0.2, 0.25) is 0 Å². The van der Waals surface area contributed by atoms with Crippen molar-refractivity contribution in [3.05, 3.63) is 27.5 Å². The van der Waals surface area contributed by atoms with Gasteiger partial charge in [-0.25, -0.2) is 9.97 Å². The molecule has 2 aromatic heterocycles. The SMILES string of the molecule is CCc1nnc(NC(C)c2ncc(C)s2)nc1CC. The molecule has 2 aromatic rings. The number of hydrogen-bond acceptors (Lipinski definition) is 6. The number of aromatic nitrogens is 4. The van der Waals surface area contributed by atoms with E-state index < -0.39 is 0 Å². The van der Waals surface area contributed by atoms with Gasteiger partial charge < -0.3 is 5.32 Å². The standard InChI is InChI=1S/C13H19N5S/c1-5-10-11(6-2)17-18-13(16-10)15-9(4)12-14-7-8(3)19-12/h7,9H,5-6H2,1-4H3,(H,15,16,18). The summed E-state index contributed by atoms with van der Waals surface area (Å²) in [4.78, 5) is 10.1. The van der Waals surface area contributed by atoms with E-state index in [0.717, 1.165) is 29.2 Å². The molecule has 19 heavy (non-hydrogen) atoms. The first-order valence-electron chi connectivity index (χ1n) is 6.55. The van der Waals surface area contributed by atoms with Crippen LogP contribution in [-0.4, -0.2) is 20.2 Å². The van der Waals surface area contributed by atoms with Crippen LogP contribution in [0.1, 0.15) is 48.1 Å². The molecule has 102 valence electrons. The average molecular weight is 277 g/mol. The van der Waals surface area contributed by atoms with E-state index in [9.17, 15) is 0 Å². The van der Waals surface area contributed by atoms with Gasteiger partial charge in [-0.3, -0.25) is 0 Å². The van der Waals surface area contributed by atoms with E-state index >= 15 is 0 Å². The highest BCUT2D eigenvalue weighted by atomic mass is 32.1. The van der Waals surface area contributed by atoms with E-state index in [1.165, 1.54) is 4.88 Å². The largest absolute Gasteiger partial charge is 0.344 e. The summed E-state index contributed by atoms with van der Waals surface area (Å²) in [6.45, 7) is 8.26. The molecular formula is C13H19N5S. The Balaban J connectivity index is 2.14. The van der Waals surface area contributed by atoms with Gasteiger partial charge in [0, 0.05) is 11.1 Å². The van der Waals surface area contributed by atoms with Crippen LogP contribution in [0.3, 0.4) is 0 Å². The summed E-state index contributed by atoms with van der Waals surface area (Å²) in [7, 11) is 0. The van der Waals surface area contributed by atoms with Crippen molar-refractivity contribution in [2.45, 2.75) is 46.6 Å². The lowest BCUT2D eigenvalue weighted by Gasteiger charge is -2.12. The van der Waals surface area contributed by atoms with E-state index in [0.29, 0.717) is 5.95 Å². The topological polar surface area (TPSA) is 63.6 Å². The maximum atomic E-state index is 4.53. The summed E-state index contributed by atoms with van der Waals surface area (Å²) in [6.07, 6.45) is 3.62. The first-order chi connectivity index (χ1) is 9.13. The van der Waals surface area contributed by atoms with Crippen LogP contribution in [0.15, 0.2) is 6.20 Å². The summed E-state index contributed by atoms with van der Waals surface area (Å²) >= 11 is 1.68. The fraction of sp³-hybridized carbons (Fsp3) is 0.538. The Hall–Kier alpha value is -1.56. The second kappa shape index (κ2) is 6.06. The third-order valence-corrected chi connectivity index (χ3v) is 3.96. The van der Waals surface area contributed by atoms with E-state index in [4.69, 9.17) is 0 Å². The maximum absolute atomic E-state index is 4.53. The molecule has 1 atom stereocenters. The van der Waals surface area contributed by atoms with E-state index in [2.05, 4.69) is 53.2 Å². The lowest BCUT2D eigenvalue weighted by atomic mass is 10.2. The van der Waals surface area contributed by atoms with Crippen LogP contribution >= 0.6 is 11.3 Å². The van der Waals surface area contributed by atoms with E-state index in [1.54, 1.807) is 11.3 Å². The van der Waals surface area contributed by atoms with Gasteiger partial charge in [0.1, 0.15) is 5.01 Å². The van der Waals surface area contributed by atoms with Gasteiger partial charge in [0.25, 0.3) is 0 Å². The Morgan fingerprint density at radius 3 is 2.53 bits per heavy atom. The first kappa shape index (κ1) is 13.9. The zero-order chi connectivity index (χ0) is 13.8. The number of rotatable bonds is 5. The van der Waals surface area contributed by atoms with Gasteiger partial charge in [-0.05, 0) is 26.7 Å². The molecule has 1 unspecified atom stereocenters. The van der Waals surface area contributed by atoms with Crippen molar-refractivity contribution < 1.29 is 0 Å². The fourth-order valence-electron chi connectivity index (χ4n) is 1.83. The Morgan fingerprint density at radius 2 is 1.95 bits per heavy atom. The van der Waals surface area contributed by atoms with Crippen LogP contribution in [0.25, 0.3) is 0 Å². The number of nitrogens with zero attached hydrogens (tertiary/aromatic N) is 4. The minimum Gasteiger partial charge on any atom is -0.344 e. The summed E-state index contributed by atoms with van der Waals surface area (Å²) in [5, 5.41) is 12.7. The van der Waals surface area contributed by atoms with Gasteiger partial charge in [0.2, 0.25) is 5.95 Å². The predicted octanol–water partition coefficient (Wildman–Crippen LogP) is 2.93. The zero-order valence-electron chi connectivity index (χ0n) is 11.8. The van der Waals surface area contributed by atoms with Crippen LogP contribution in [0.5, 0.6) is 0 Å². The summed E-state index contributed by atoms with van der Waals surface area (Å²) < 4.78 is 0. The lowest BCUT2D eigenvalue weighted by molar-refractivity contribution is 0.786. The van der Waals surface area contributed by atoms with Crippen molar-refractivity contribution in [3.8, 4) is 0 Å². The van der Waals surface area contributed by atoms with E-state index in [-0.39, 0.29) is 6.04 Å². The molecule has 0 aliphatic heterocycles. The van der Waals surface area contributed by atoms with Gasteiger partial charge in [0.15, 0.2) is 0 Å². The van der Waals surface area contributed by atoms with Crippen molar-refractivity contribution in [1.29, 1.82) is 0 Å². The highest BCUT2D eigenvalue weighted by Gasteiger charge is 2.12. The number of anilines is 1. The van der Waals surface area contributed by atoms with Gasteiger partial charge in [-0.2, -0.15) is 5.10 Å². The highest BCUT2D eigenvalue weighted by Crippen LogP contribution is 2.21. The third kappa shape index (κ3) is 3.26. The molecule has 5 nitrogen and oxygen atoms in total. The quantitative estimate of drug-likeness (QED) is 0.910. The van der Waals surface area contributed by atoms with Crippen molar-refractivity contribution in [3.63, 3.8) is 0 Å². The molecule has 0 fully saturated rings. The van der Waals surface area contributed by atoms with Gasteiger partial charge in [-0.1, -0.05) is 13.8 Å². The van der Waals surface area contributed by atoms with Crippen molar-refractivity contribution in [1.82, 2.24) is 20.2 Å². The maximum Gasteiger partial charge on any atom is 0.243 e. The van der Waals surface area contributed by atoms with Gasteiger partial charge in [0.05, 0.1) is 17.4 Å². The van der Waals surface area contributed by atoms with Crippen molar-refractivity contribution in [2.75, 3.05) is 5.32 Å². The van der Waals surface area contributed by atoms with E-state index in [1.807, 2.05) is 6.20 Å². The van der Waals surface area contributed by atoms with Crippen LogP contribution in [0, 0.1) is 6.92 Å². The molecule has 2 rings (SSSR count). The summed E-state index contributed by atoms with van der Waals surface area (Å²) in [5.74, 6) is 0.578. The molecule has 1 N–H and O–H groups in total. The molecule has 0 amide bonds. The molecular weight excluding hydrogens is 258 g/mol. The van der Waals surface area contributed by atoms with Crippen LogP contribution in [0.4, 0.5) is 5.95 Å². The molecule has 0 radical (unpaired) electrons. The zero-order valence-corrected chi connectivity index (χ0v) is 12.6. The molecule has 0 aliphatic carbocycles. The molecule has 0 aliphatic rings. The fourth-order valence-corrected chi connectivity index (χ4v) is 2.60. The van der Waals surface area contributed by atoms with Gasteiger partial charge >= 0.3 is 0 Å². The molecule has 0 spiro atoms. The van der Waals surface area contributed by atoms with Gasteiger partial charge in [-0.15, -0.1) is 16.4 Å². The molecule has 2 heterocycles. The van der Waals surface area contributed by atoms with Crippen LogP contribution in [-0.2, 0) is 12.8 Å². The summed E-state index contributed by atoms with van der Waals surface area (Å²) in [6, 6.07) is 0.0951. The molecule has 0 saturated heterocycles. The minimum absolute atomic E-state index is 0.0951. The van der Waals surface area contributed by atoms with Crippen molar-refractivity contribution >= 4 is 17.3 Å². The summed E-state index contributed by atoms with van der Waals surface area (Å²) in [5.41, 5.74) is 1.99. The highest BCUT2D eigenvalue weighted by molar-refractivity contribution is 7.11. The monoisotopic (exact) mass is 277 g/mol. The normalized spacial score (nSPS) is 12.4. The second-order valence-corrected chi connectivity index (χ2v) is 5.68. The number of nitrogens with one attached hydrogen (secondary N) is 1. The van der Waals surface area contributed by atoms with Crippen LogP contribution < -0.4 is 5.32 Å². The Morgan fingerprint density at radius 1 is 1.21 bits per heavy atom. The molecule has 6 heteroatoms.